The predicted octanol–water partition coefficient (Wildman–Crippen LogP) is -17.0. The lowest BCUT2D eigenvalue weighted by atomic mass is 9.96. The molecule has 824 valence electrons. The SMILES string of the molecule is CCNC(=O)CCCCC(=O)CCCO[C@@H]1O[C@@H](C)[C@@H](O)[C@@H](O)[C@@H]1O.CCNC(=O)CCCCCNC(=O)CN(CC(=O)NCCO[C@@H]1O[C@@H](C)[C@@H](O)[C@@H](O)[C@@H]1O)CC(=O)NCCO[C@H]1O[C@H](CO[C@H]2O[C@H](CO)[C@@H](O)[C@H](O)[C@@H]2O)[C@@H](O)[C@H](O[C@H]2O[C@H](CO)[C@@H](O)[C@H](O)[C@@H]2O)[C@@H]1O.CCNC(=O)CNC(=O)CN(CC(=O)NCCO[C@@H]1O[C@@H](C)[C@@H](O)[C@@H](O)[C@@H]1O)CC(=O)NCCO[C@@H]1O[C@@H](C)[C@@H](O)[C@@H](O)[C@@H]1O. The zero-order valence-corrected chi connectivity index (χ0v) is 80.6. The van der Waals surface area contributed by atoms with Crippen molar-refractivity contribution in [1.29, 1.82) is 0 Å². The molecule has 0 saturated carbocycles. The van der Waals surface area contributed by atoms with Gasteiger partial charge in [-0.1, -0.05) is 6.42 Å². The molecular weight excluding hydrogens is 1910 g/mol. The monoisotopic (exact) mass is 2060 g/mol. The summed E-state index contributed by atoms with van der Waals surface area (Å²) in [5.74, 6) is -4.05. The molecule has 0 spiro atoms. The molecule has 0 aromatic rings. The predicted molar refractivity (Wildman–Crippen MR) is 476 cm³/mol. The molecule has 35 atom stereocenters. The molecule has 7 rings (SSSR count). The number of unbranched alkanes of at least 4 members (excludes halogenated alkanes) is 3. The van der Waals surface area contributed by atoms with Gasteiger partial charge in [-0.2, -0.15) is 0 Å². The Hall–Kier alpha value is -6.62. The average Bonchev–Trinajstić information content (AvgIpc) is 0.780. The summed E-state index contributed by atoms with van der Waals surface area (Å²) in [5.41, 5.74) is 0. The minimum absolute atomic E-state index is 0.0101. The number of aliphatic hydroxyl groups is 22. The lowest BCUT2D eigenvalue weighted by Gasteiger charge is -2.46. The maximum atomic E-state index is 13.2. The van der Waals surface area contributed by atoms with Gasteiger partial charge in [0.2, 0.25) is 53.2 Å². The standard InChI is InChI=1S/C42H75N5O25.C26H47N5O14.C17H31NO7/c1-3-43-23(50)7-5-4-6-8-44-24(51)13-47(14-25(52)45-9-11-65-39-34(61)31(58)27(54)19(2)68-39)15-26(53)46-10-12-66-41-37(64)38(72-42-36(63)33(60)29(56)21(17-49)70-42)30(57)22(71-41)18-67-40-35(62)32(59)28(55)20(16-48)69-40;1-4-27-15(32)9-30-18(35)12-31(10-16(33)28-5-7-42-25-23(40)21(38)19(36)13(2)44-25)11-17(34)29-6-8-43-26-24(41)22(39)20(37)14(3)45-26;1-3-18-13(20)9-5-4-7-12(19)8-6-10-24-17-16(23)15(22)14(21)11(2)25-17/h19-22,27-42,48-49,54-64H,3-18H2,1-2H3,(H,43,50)(H,44,51)(H,45,52)(H,46,53);13-14,19-26,36-41H,4-12H2,1-3H3,(H,27,32)(H,28,33)(H,29,34)(H,30,35);11,14-17,21-23H,3-10H2,1-2H3,(H,18,20)/t19-,20+,21+,22+,27+,28+,29+,30+,31+,32-,33-,34-,35-,36-,37-,38-,39+,40-,41-,42+;13-,14-,19+,20+,21+,22+,23-,24-,25+,26+;11-,14+,15+,16-,17+/m000/s1. The summed E-state index contributed by atoms with van der Waals surface area (Å²) >= 11 is 0. The van der Waals surface area contributed by atoms with Crippen molar-refractivity contribution < 1.29 is 227 Å². The molecule has 57 nitrogen and oxygen atoms in total. The average molecular weight is 2070 g/mol. The van der Waals surface area contributed by atoms with E-state index in [0.29, 0.717) is 83.8 Å². The van der Waals surface area contributed by atoms with Crippen LogP contribution in [0.4, 0.5) is 0 Å². The summed E-state index contributed by atoms with van der Waals surface area (Å²) < 4.78 is 76.3. The molecule has 7 aliphatic rings. The Bertz CT molecular complexity index is 3630. The van der Waals surface area contributed by atoms with Crippen LogP contribution in [0.3, 0.4) is 0 Å². The number of amides is 9. The van der Waals surface area contributed by atoms with Gasteiger partial charge in [0.25, 0.3) is 0 Å². The number of likely N-dealkylation sites (N-methyl/N-ethyl adjacent to an activating group) is 1. The molecule has 0 aliphatic carbocycles. The fourth-order valence-electron chi connectivity index (χ4n) is 15.1. The lowest BCUT2D eigenvalue weighted by Crippen LogP contribution is -2.65. The van der Waals surface area contributed by atoms with Gasteiger partial charge >= 0.3 is 0 Å². The van der Waals surface area contributed by atoms with Crippen molar-refractivity contribution in [3.05, 3.63) is 0 Å². The first-order valence-corrected chi connectivity index (χ1v) is 47.5. The summed E-state index contributed by atoms with van der Waals surface area (Å²) in [6, 6.07) is 0. The maximum absolute atomic E-state index is 13.2. The van der Waals surface area contributed by atoms with Crippen molar-refractivity contribution in [2.24, 2.45) is 0 Å². The molecule has 7 saturated heterocycles. The second kappa shape index (κ2) is 66.0. The molecule has 0 aromatic carbocycles. The Labute approximate surface area is 819 Å². The van der Waals surface area contributed by atoms with Crippen molar-refractivity contribution >= 4 is 58.9 Å². The van der Waals surface area contributed by atoms with Crippen molar-refractivity contribution in [3.8, 4) is 0 Å². The number of hydrogen-bond acceptors (Lipinski definition) is 48. The molecule has 7 fully saturated rings. The summed E-state index contributed by atoms with van der Waals surface area (Å²) in [6.45, 7) is 6.72. The highest BCUT2D eigenvalue weighted by molar-refractivity contribution is 5.87. The lowest BCUT2D eigenvalue weighted by molar-refractivity contribution is -0.366. The van der Waals surface area contributed by atoms with E-state index < -0.39 is 322 Å². The van der Waals surface area contributed by atoms with Crippen LogP contribution in [0.2, 0.25) is 0 Å². The second-order valence-electron chi connectivity index (χ2n) is 34.8. The van der Waals surface area contributed by atoms with E-state index in [-0.39, 0.29) is 83.3 Å². The molecule has 0 bridgehead atoms. The third-order valence-corrected chi connectivity index (χ3v) is 23.3. The van der Waals surface area contributed by atoms with Crippen molar-refractivity contribution in [1.82, 2.24) is 57.7 Å². The number of carbonyl (C=O) groups excluding carboxylic acids is 10. The molecular formula is C85H153N11O46. The van der Waals surface area contributed by atoms with Gasteiger partial charge in [0.05, 0.1) is 123 Å². The van der Waals surface area contributed by atoms with Gasteiger partial charge in [-0.25, -0.2) is 0 Å². The van der Waals surface area contributed by atoms with Gasteiger partial charge in [0.1, 0.15) is 152 Å². The van der Waals surface area contributed by atoms with E-state index in [1.165, 1.54) is 30.6 Å². The normalized spacial score (nSPS) is 34.1. The van der Waals surface area contributed by atoms with E-state index in [0.717, 1.165) is 0 Å². The van der Waals surface area contributed by atoms with Crippen LogP contribution in [0.5, 0.6) is 0 Å². The number of carbonyl (C=O) groups is 10. The highest BCUT2D eigenvalue weighted by Crippen LogP contribution is 2.33. The number of ether oxygens (including phenoxy) is 14. The quantitative estimate of drug-likeness (QED) is 0.0251. The highest BCUT2D eigenvalue weighted by atomic mass is 16.8. The van der Waals surface area contributed by atoms with Gasteiger partial charge in [-0.05, 0) is 80.6 Å². The first-order chi connectivity index (χ1) is 67.3. The van der Waals surface area contributed by atoms with E-state index in [2.05, 4.69) is 47.9 Å². The minimum Gasteiger partial charge on any atom is -0.394 e. The van der Waals surface area contributed by atoms with Gasteiger partial charge in [0.15, 0.2) is 44.0 Å². The second-order valence-corrected chi connectivity index (χ2v) is 34.8. The molecule has 0 unspecified atom stereocenters. The van der Waals surface area contributed by atoms with Crippen LogP contribution in [0, 0.1) is 0 Å². The molecule has 7 heterocycles. The van der Waals surface area contributed by atoms with Gasteiger partial charge < -0.3 is 227 Å². The van der Waals surface area contributed by atoms with Crippen LogP contribution >= 0.6 is 0 Å². The van der Waals surface area contributed by atoms with Crippen molar-refractivity contribution in [2.45, 2.75) is 328 Å². The third-order valence-electron chi connectivity index (χ3n) is 23.3. The fraction of sp³-hybridized carbons (Fsp3) is 0.882. The van der Waals surface area contributed by atoms with Crippen molar-refractivity contribution in [2.75, 3.05) is 151 Å². The first-order valence-electron chi connectivity index (χ1n) is 47.5. The van der Waals surface area contributed by atoms with E-state index in [1.54, 1.807) is 13.8 Å². The smallest absolute Gasteiger partial charge is 0.239 e. The van der Waals surface area contributed by atoms with Gasteiger partial charge in [-0.3, -0.25) is 57.7 Å². The number of hydrogen-bond donors (Lipinski definition) is 31. The van der Waals surface area contributed by atoms with E-state index in [4.69, 9.17) is 66.3 Å². The number of aliphatic hydroxyl groups excluding tert-OH is 22. The highest BCUT2D eigenvalue weighted by Gasteiger charge is 2.54. The van der Waals surface area contributed by atoms with Gasteiger partial charge in [0, 0.05) is 78.0 Å². The van der Waals surface area contributed by atoms with Gasteiger partial charge in [-0.15, -0.1) is 0 Å². The summed E-state index contributed by atoms with van der Waals surface area (Å²) in [4.78, 5) is 126. The Morgan fingerprint density at radius 2 is 0.535 bits per heavy atom. The van der Waals surface area contributed by atoms with E-state index >= 15 is 0 Å². The number of nitrogens with zero attached hydrogens (tertiary/aromatic N) is 2. The van der Waals surface area contributed by atoms with Crippen LogP contribution in [0.1, 0.15) is 113 Å². The summed E-state index contributed by atoms with van der Waals surface area (Å²) in [6.07, 6.45) is -45.9. The molecule has 31 N–H and O–H groups in total. The summed E-state index contributed by atoms with van der Waals surface area (Å²) in [7, 11) is 0. The Morgan fingerprint density at radius 1 is 0.254 bits per heavy atom. The number of nitrogens with one attached hydrogen (secondary N) is 9. The Kier molecular flexibility index (Phi) is 58.5. The minimum atomic E-state index is -1.97. The fourth-order valence-corrected chi connectivity index (χ4v) is 15.1. The molecule has 7 aliphatic heterocycles. The third kappa shape index (κ3) is 42.2. The van der Waals surface area contributed by atoms with E-state index in [1.807, 2.05) is 13.8 Å². The van der Waals surface area contributed by atoms with Crippen LogP contribution < -0.4 is 47.9 Å². The van der Waals surface area contributed by atoms with Crippen molar-refractivity contribution in [3.63, 3.8) is 0 Å². The number of rotatable bonds is 56. The first kappa shape index (κ1) is 126. The van der Waals surface area contributed by atoms with Crippen LogP contribution in [-0.2, 0) is 114 Å². The Morgan fingerprint density at radius 3 is 0.894 bits per heavy atom. The number of Topliss-reactive ketones (excluding diaryl/α,β-unsaturated/α-hetero) is 1. The number of ketones is 1. The zero-order valence-electron chi connectivity index (χ0n) is 80.6. The Balaban J connectivity index is 0.000000428. The summed E-state index contributed by atoms with van der Waals surface area (Å²) in [5, 5.41) is 246. The van der Waals surface area contributed by atoms with Crippen LogP contribution in [-0.4, -0.2) is 547 Å². The molecule has 142 heavy (non-hydrogen) atoms. The molecule has 57 heteroatoms. The maximum Gasteiger partial charge on any atom is 0.239 e. The van der Waals surface area contributed by atoms with E-state index in [9.17, 15) is 160 Å². The zero-order chi connectivity index (χ0) is 106. The molecule has 9 amide bonds. The van der Waals surface area contributed by atoms with Crippen LogP contribution in [0.15, 0.2) is 0 Å². The molecule has 0 radical (unpaired) electrons. The topological polar surface area (TPSA) is 860 Å². The largest absolute Gasteiger partial charge is 0.394 e. The molecule has 0 aromatic heterocycles. The van der Waals surface area contributed by atoms with Crippen LogP contribution in [0.25, 0.3) is 0 Å².